The van der Waals surface area contributed by atoms with Gasteiger partial charge in [-0.3, -0.25) is 4.79 Å². The van der Waals surface area contributed by atoms with Gasteiger partial charge in [0, 0.05) is 12.0 Å². The third kappa shape index (κ3) is 1.97. The molecular weight excluding hydrogens is 200 g/mol. The molecule has 2 nitrogen and oxygen atoms in total. The zero-order chi connectivity index (χ0) is 11.7. The van der Waals surface area contributed by atoms with Crippen molar-refractivity contribution in [1.82, 2.24) is 0 Å². The lowest BCUT2D eigenvalue weighted by atomic mass is 9.84. The summed E-state index contributed by atoms with van der Waals surface area (Å²) in [6, 6.07) is 1.81. The minimum absolute atomic E-state index is 0.118. The van der Waals surface area contributed by atoms with Crippen molar-refractivity contribution in [2.24, 2.45) is 0 Å². The summed E-state index contributed by atoms with van der Waals surface area (Å²) in [5, 5.41) is 9.94. The Hall–Kier alpha value is -1.31. The molecule has 16 heavy (non-hydrogen) atoms. The van der Waals surface area contributed by atoms with Gasteiger partial charge in [0.15, 0.2) is 0 Å². The minimum Gasteiger partial charge on any atom is -0.508 e. The van der Waals surface area contributed by atoms with E-state index in [2.05, 4.69) is 0 Å². The SMILES string of the molecule is CC(=O)Cc1c(O)cc(C)c2c1CCCC2. The predicted octanol–water partition coefficient (Wildman–Crippen LogP) is 2.71. The van der Waals surface area contributed by atoms with E-state index in [-0.39, 0.29) is 5.78 Å². The first-order chi connectivity index (χ1) is 7.59. The first kappa shape index (κ1) is 11.2. The second-order valence-corrected chi connectivity index (χ2v) is 4.73. The highest BCUT2D eigenvalue weighted by molar-refractivity contribution is 5.79. The Bertz CT molecular complexity index is 433. The Morgan fingerprint density at radius 1 is 1.31 bits per heavy atom. The van der Waals surface area contributed by atoms with Gasteiger partial charge in [0.2, 0.25) is 0 Å². The van der Waals surface area contributed by atoms with Gasteiger partial charge in [0.1, 0.15) is 11.5 Å². The first-order valence-corrected chi connectivity index (χ1v) is 5.92. The molecule has 0 saturated carbocycles. The third-order valence-corrected chi connectivity index (χ3v) is 3.40. The molecule has 0 radical (unpaired) electrons. The second-order valence-electron chi connectivity index (χ2n) is 4.73. The Kier molecular flexibility index (Phi) is 2.99. The lowest BCUT2D eigenvalue weighted by Crippen LogP contribution is -2.11. The summed E-state index contributed by atoms with van der Waals surface area (Å²) < 4.78 is 0. The van der Waals surface area contributed by atoms with Crippen LogP contribution in [0.5, 0.6) is 5.75 Å². The van der Waals surface area contributed by atoms with Gasteiger partial charge in [0.05, 0.1) is 0 Å². The number of ketones is 1. The van der Waals surface area contributed by atoms with Crippen LogP contribution in [0.1, 0.15) is 42.0 Å². The fraction of sp³-hybridized carbons (Fsp3) is 0.500. The van der Waals surface area contributed by atoms with E-state index in [0.717, 1.165) is 18.4 Å². The monoisotopic (exact) mass is 218 g/mol. The number of benzene rings is 1. The summed E-state index contributed by atoms with van der Waals surface area (Å²) in [5.41, 5.74) is 4.63. The van der Waals surface area contributed by atoms with Gasteiger partial charge in [-0.05, 0) is 62.3 Å². The van der Waals surface area contributed by atoms with Crippen LogP contribution in [0.3, 0.4) is 0 Å². The number of hydrogen-bond acceptors (Lipinski definition) is 2. The fourth-order valence-electron chi connectivity index (χ4n) is 2.65. The van der Waals surface area contributed by atoms with Crippen molar-refractivity contribution in [2.45, 2.75) is 46.0 Å². The average molecular weight is 218 g/mol. The number of carbonyl (C=O) groups excluding carboxylic acids is 1. The van der Waals surface area contributed by atoms with Crippen LogP contribution < -0.4 is 0 Å². The topological polar surface area (TPSA) is 37.3 Å². The van der Waals surface area contributed by atoms with Gasteiger partial charge in [-0.2, -0.15) is 0 Å². The molecule has 0 heterocycles. The number of aromatic hydroxyl groups is 1. The number of carbonyl (C=O) groups is 1. The molecule has 1 aliphatic rings. The molecule has 86 valence electrons. The number of Topliss-reactive ketones (excluding diaryl/α,β-unsaturated/α-hetero) is 1. The summed E-state index contributed by atoms with van der Waals surface area (Å²) in [6.07, 6.45) is 4.85. The van der Waals surface area contributed by atoms with Crippen molar-refractivity contribution in [3.63, 3.8) is 0 Å². The number of aryl methyl sites for hydroxylation is 1. The van der Waals surface area contributed by atoms with Crippen LogP contribution in [0.2, 0.25) is 0 Å². The number of fused-ring (bicyclic) bond motifs is 1. The summed E-state index contributed by atoms with van der Waals surface area (Å²) in [6.45, 7) is 3.62. The summed E-state index contributed by atoms with van der Waals surface area (Å²) in [7, 11) is 0. The molecule has 1 N–H and O–H groups in total. The summed E-state index contributed by atoms with van der Waals surface area (Å²) >= 11 is 0. The molecule has 2 rings (SSSR count). The number of phenols is 1. The lowest BCUT2D eigenvalue weighted by Gasteiger charge is -2.22. The van der Waals surface area contributed by atoms with E-state index in [1.807, 2.05) is 13.0 Å². The molecule has 1 aromatic carbocycles. The van der Waals surface area contributed by atoms with Crippen LogP contribution in [-0.4, -0.2) is 10.9 Å². The van der Waals surface area contributed by atoms with E-state index < -0.39 is 0 Å². The van der Waals surface area contributed by atoms with Crippen LogP contribution in [0.15, 0.2) is 6.07 Å². The number of rotatable bonds is 2. The highest BCUT2D eigenvalue weighted by atomic mass is 16.3. The molecule has 2 heteroatoms. The molecule has 0 unspecified atom stereocenters. The van der Waals surface area contributed by atoms with Crippen molar-refractivity contribution in [2.75, 3.05) is 0 Å². The van der Waals surface area contributed by atoms with E-state index >= 15 is 0 Å². The predicted molar refractivity (Wildman–Crippen MR) is 63.9 cm³/mol. The summed E-state index contributed by atoms with van der Waals surface area (Å²) in [4.78, 5) is 11.2. The van der Waals surface area contributed by atoms with Crippen LogP contribution in [0, 0.1) is 6.92 Å². The van der Waals surface area contributed by atoms with Gasteiger partial charge in [-0.25, -0.2) is 0 Å². The van der Waals surface area contributed by atoms with Crippen LogP contribution >= 0.6 is 0 Å². The maximum Gasteiger partial charge on any atom is 0.134 e. The molecule has 0 atom stereocenters. The molecule has 0 spiro atoms. The Morgan fingerprint density at radius 3 is 2.56 bits per heavy atom. The van der Waals surface area contributed by atoms with Crippen molar-refractivity contribution in [3.8, 4) is 5.75 Å². The number of phenolic OH excluding ortho intramolecular Hbond substituents is 1. The van der Waals surface area contributed by atoms with Gasteiger partial charge in [-0.15, -0.1) is 0 Å². The van der Waals surface area contributed by atoms with E-state index in [0.29, 0.717) is 12.2 Å². The Balaban J connectivity index is 2.54. The van der Waals surface area contributed by atoms with Gasteiger partial charge in [-0.1, -0.05) is 0 Å². The third-order valence-electron chi connectivity index (χ3n) is 3.40. The molecule has 0 saturated heterocycles. The number of hydrogen-bond donors (Lipinski definition) is 1. The molecule has 1 aromatic rings. The zero-order valence-corrected chi connectivity index (χ0v) is 9.97. The molecule has 0 bridgehead atoms. The largest absolute Gasteiger partial charge is 0.508 e. The van der Waals surface area contributed by atoms with Gasteiger partial charge < -0.3 is 5.11 Å². The van der Waals surface area contributed by atoms with Crippen molar-refractivity contribution < 1.29 is 9.90 Å². The van der Waals surface area contributed by atoms with Crippen molar-refractivity contribution in [1.29, 1.82) is 0 Å². The quantitative estimate of drug-likeness (QED) is 0.828. The lowest BCUT2D eigenvalue weighted by molar-refractivity contribution is -0.116. The zero-order valence-electron chi connectivity index (χ0n) is 9.97. The maximum atomic E-state index is 11.2. The van der Waals surface area contributed by atoms with Crippen LogP contribution in [0.25, 0.3) is 0 Å². The van der Waals surface area contributed by atoms with Gasteiger partial charge >= 0.3 is 0 Å². The van der Waals surface area contributed by atoms with Crippen LogP contribution in [0.4, 0.5) is 0 Å². The summed E-state index contributed by atoms with van der Waals surface area (Å²) in [5.74, 6) is 0.417. The molecule has 0 fully saturated rings. The maximum absolute atomic E-state index is 11.2. The van der Waals surface area contributed by atoms with E-state index in [4.69, 9.17) is 0 Å². The Labute approximate surface area is 96.3 Å². The fourth-order valence-corrected chi connectivity index (χ4v) is 2.65. The van der Waals surface area contributed by atoms with Crippen LogP contribution in [-0.2, 0) is 24.1 Å². The first-order valence-electron chi connectivity index (χ1n) is 5.92. The van der Waals surface area contributed by atoms with Gasteiger partial charge in [0.25, 0.3) is 0 Å². The van der Waals surface area contributed by atoms with Crippen molar-refractivity contribution >= 4 is 5.78 Å². The molecular formula is C14H18O2. The normalized spacial score (nSPS) is 14.6. The average Bonchev–Trinajstić information content (AvgIpc) is 2.24. The Morgan fingerprint density at radius 2 is 1.94 bits per heavy atom. The highest BCUT2D eigenvalue weighted by Gasteiger charge is 2.19. The van der Waals surface area contributed by atoms with E-state index in [1.165, 1.54) is 29.5 Å². The molecule has 0 amide bonds. The molecule has 1 aliphatic carbocycles. The second kappa shape index (κ2) is 4.28. The van der Waals surface area contributed by atoms with Crippen molar-refractivity contribution in [3.05, 3.63) is 28.3 Å². The smallest absolute Gasteiger partial charge is 0.134 e. The highest BCUT2D eigenvalue weighted by Crippen LogP contribution is 2.33. The van der Waals surface area contributed by atoms with E-state index in [1.54, 1.807) is 6.92 Å². The van der Waals surface area contributed by atoms with E-state index in [9.17, 15) is 9.90 Å². The molecule has 0 aromatic heterocycles. The minimum atomic E-state index is 0.118. The standard InChI is InChI=1S/C14H18O2/c1-9-7-14(16)13(8-10(2)15)12-6-4-3-5-11(9)12/h7,16H,3-6,8H2,1-2H3. The molecule has 0 aliphatic heterocycles.